The van der Waals surface area contributed by atoms with Gasteiger partial charge in [-0.15, -0.1) is 0 Å². The van der Waals surface area contributed by atoms with Gasteiger partial charge >= 0.3 is 0 Å². The molecule has 2 aromatic heterocycles. The first-order valence-electron chi connectivity index (χ1n) is 10.8. The Kier molecular flexibility index (Phi) is 6.73. The number of hydrogen-bond donors (Lipinski definition) is 1. The van der Waals surface area contributed by atoms with Gasteiger partial charge in [0.05, 0.1) is 29.1 Å². The lowest BCUT2D eigenvalue weighted by Gasteiger charge is -2.32. The van der Waals surface area contributed by atoms with E-state index in [1.54, 1.807) is 6.20 Å². The van der Waals surface area contributed by atoms with Crippen LogP contribution in [0.4, 0.5) is 5.82 Å². The van der Waals surface area contributed by atoms with Crippen LogP contribution in [0.2, 0.25) is 5.02 Å². The number of anilines is 1. The zero-order valence-corrected chi connectivity index (χ0v) is 18.8. The van der Waals surface area contributed by atoms with E-state index in [1.807, 2.05) is 65.9 Å². The molecule has 31 heavy (non-hydrogen) atoms. The molecule has 1 aliphatic rings. The van der Waals surface area contributed by atoms with Gasteiger partial charge in [-0.05, 0) is 30.9 Å². The second-order valence-electron chi connectivity index (χ2n) is 8.56. The van der Waals surface area contributed by atoms with Crippen LogP contribution in [0.1, 0.15) is 44.7 Å². The minimum atomic E-state index is 0.0460. The van der Waals surface area contributed by atoms with Crippen molar-refractivity contribution >= 4 is 23.3 Å². The molecule has 0 aliphatic carbocycles. The number of benzene rings is 1. The van der Waals surface area contributed by atoms with Crippen molar-refractivity contribution in [1.82, 2.24) is 24.5 Å². The van der Waals surface area contributed by atoms with E-state index >= 15 is 0 Å². The molecule has 0 radical (unpaired) electrons. The Bertz CT molecular complexity index is 1020. The normalized spacial score (nSPS) is 15.5. The third-order valence-corrected chi connectivity index (χ3v) is 5.90. The van der Waals surface area contributed by atoms with Crippen LogP contribution in [0.3, 0.4) is 0 Å². The summed E-state index contributed by atoms with van der Waals surface area (Å²) in [6.45, 7) is 6.89. The van der Waals surface area contributed by atoms with Gasteiger partial charge in [0, 0.05) is 43.9 Å². The second kappa shape index (κ2) is 9.66. The SMILES string of the molecule is CC(C)CC(=O)Nc1ccnn1C1CCN(Cc2cnn(-c3ccccc3Cl)c2)CC1. The Balaban J connectivity index is 1.33. The molecule has 3 aromatic rings. The van der Waals surface area contributed by atoms with Crippen molar-refractivity contribution in [1.29, 1.82) is 0 Å². The molecule has 0 atom stereocenters. The number of nitrogens with zero attached hydrogens (tertiary/aromatic N) is 5. The largest absolute Gasteiger partial charge is 0.311 e. The van der Waals surface area contributed by atoms with Crippen molar-refractivity contribution < 1.29 is 4.79 Å². The number of halogens is 1. The van der Waals surface area contributed by atoms with Crippen molar-refractivity contribution in [2.24, 2.45) is 5.92 Å². The van der Waals surface area contributed by atoms with Crippen LogP contribution in [0.5, 0.6) is 0 Å². The van der Waals surface area contributed by atoms with E-state index in [-0.39, 0.29) is 5.91 Å². The molecule has 1 saturated heterocycles. The van der Waals surface area contributed by atoms with Crippen molar-refractivity contribution in [3.05, 3.63) is 59.5 Å². The first-order valence-corrected chi connectivity index (χ1v) is 11.2. The third kappa shape index (κ3) is 5.35. The maximum Gasteiger partial charge on any atom is 0.225 e. The highest BCUT2D eigenvalue weighted by Crippen LogP contribution is 2.27. The summed E-state index contributed by atoms with van der Waals surface area (Å²) in [7, 11) is 0. The molecule has 1 N–H and O–H groups in total. The number of carbonyl (C=O) groups excluding carboxylic acids is 1. The molecule has 3 heterocycles. The van der Waals surface area contributed by atoms with E-state index < -0.39 is 0 Å². The van der Waals surface area contributed by atoms with Gasteiger partial charge in [0.1, 0.15) is 5.82 Å². The highest BCUT2D eigenvalue weighted by Gasteiger charge is 2.23. The second-order valence-corrected chi connectivity index (χ2v) is 8.97. The van der Waals surface area contributed by atoms with Crippen molar-refractivity contribution in [2.75, 3.05) is 18.4 Å². The van der Waals surface area contributed by atoms with E-state index in [1.165, 1.54) is 5.56 Å². The van der Waals surface area contributed by atoms with Crippen molar-refractivity contribution in [3.63, 3.8) is 0 Å². The highest BCUT2D eigenvalue weighted by molar-refractivity contribution is 6.32. The molecule has 0 spiro atoms. The maximum atomic E-state index is 12.2. The monoisotopic (exact) mass is 440 g/mol. The molecule has 4 rings (SSSR count). The van der Waals surface area contributed by atoms with Crippen LogP contribution < -0.4 is 5.32 Å². The molecular weight excluding hydrogens is 412 g/mol. The number of rotatable bonds is 7. The molecule has 8 heteroatoms. The van der Waals surface area contributed by atoms with Crippen LogP contribution in [0, 0.1) is 5.92 Å². The topological polar surface area (TPSA) is 68.0 Å². The van der Waals surface area contributed by atoms with Crippen LogP contribution in [-0.4, -0.2) is 43.5 Å². The van der Waals surface area contributed by atoms with Gasteiger partial charge in [-0.2, -0.15) is 10.2 Å². The number of carbonyl (C=O) groups is 1. The van der Waals surface area contributed by atoms with Crippen LogP contribution in [-0.2, 0) is 11.3 Å². The molecule has 164 valence electrons. The maximum absolute atomic E-state index is 12.2. The van der Waals surface area contributed by atoms with Crippen molar-refractivity contribution in [3.8, 4) is 5.69 Å². The van der Waals surface area contributed by atoms with E-state index in [0.29, 0.717) is 23.4 Å². The molecule has 1 amide bonds. The molecule has 0 bridgehead atoms. The van der Waals surface area contributed by atoms with Gasteiger partial charge in [-0.3, -0.25) is 9.69 Å². The van der Waals surface area contributed by atoms with E-state index in [0.717, 1.165) is 44.0 Å². The Labute approximate surface area is 188 Å². The molecule has 0 saturated carbocycles. The standard InChI is InChI=1S/C23H29ClN6O/c1-17(2)13-23(31)27-22-7-10-25-30(22)19-8-11-28(12-9-19)15-18-14-26-29(16-18)21-6-4-3-5-20(21)24/h3-7,10,14,16-17,19H,8-9,11-13,15H2,1-2H3,(H,27,31). The highest BCUT2D eigenvalue weighted by atomic mass is 35.5. The van der Waals surface area contributed by atoms with E-state index in [2.05, 4.69) is 20.4 Å². The number of likely N-dealkylation sites (tertiary alicyclic amines) is 1. The Hall–Kier alpha value is -2.64. The fraction of sp³-hybridized carbons (Fsp3) is 0.435. The summed E-state index contributed by atoms with van der Waals surface area (Å²) >= 11 is 6.29. The van der Waals surface area contributed by atoms with Gasteiger partial charge in [-0.25, -0.2) is 9.36 Å². The predicted octanol–water partition coefficient (Wildman–Crippen LogP) is 4.54. The minimum Gasteiger partial charge on any atom is -0.311 e. The van der Waals surface area contributed by atoms with Crippen LogP contribution in [0.15, 0.2) is 48.9 Å². The average Bonchev–Trinajstić information content (AvgIpc) is 3.38. The van der Waals surface area contributed by atoms with Gasteiger partial charge in [0.2, 0.25) is 5.91 Å². The summed E-state index contributed by atoms with van der Waals surface area (Å²) in [5, 5.41) is 12.7. The molecule has 7 nitrogen and oxygen atoms in total. The summed E-state index contributed by atoms with van der Waals surface area (Å²) in [4.78, 5) is 14.6. The quantitative estimate of drug-likeness (QED) is 0.585. The number of para-hydroxylation sites is 1. The Morgan fingerprint density at radius 2 is 1.97 bits per heavy atom. The third-order valence-electron chi connectivity index (χ3n) is 5.58. The summed E-state index contributed by atoms with van der Waals surface area (Å²) in [6, 6.07) is 9.90. The smallest absolute Gasteiger partial charge is 0.225 e. The fourth-order valence-corrected chi connectivity index (χ4v) is 4.28. The lowest BCUT2D eigenvalue weighted by molar-refractivity contribution is -0.116. The van der Waals surface area contributed by atoms with E-state index in [9.17, 15) is 4.79 Å². The van der Waals surface area contributed by atoms with E-state index in [4.69, 9.17) is 11.6 Å². The van der Waals surface area contributed by atoms with Gasteiger partial charge in [0.15, 0.2) is 0 Å². The number of hydrogen-bond acceptors (Lipinski definition) is 4. The Morgan fingerprint density at radius 3 is 2.71 bits per heavy atom. The van der Waals surface area contributed by atoms with Crippen LogP contribution >= 0.6 is 11.6 Å². The molecule has 1 aliphatic heterocycles. The minimum absolute atomic E-state index is 0.0460. The number of aromatic nitrogens is 4. The molecule has 0 unspecified atom stereocenters. The summed E-state index contributed by atoms with van der Waals surface area (Å²) < 4.78 is 3.81. The lowest BCUT2D eigenvalue weighted by Crippen LogP contribution is -2.35. The zero-order valence-electron chi connectivity index (χ0n) is 18.0. The predicted molar refractivity (Wildman–Crippen MR) is 122 cm³/mol. The summed E-state index contributed by atoms with van der Waals surface area (Å²) in [6.07, 6.45) is 8.22. The zero-order chi connectivity index (χ0) is 21.8. The number of nitrogens with one attached hydrogen (secondary N) is 1. The van der Waals surface area contributed by atoms with Crippen LogP contribution in [0.25, 0.3) is 5.69 Å². The summed E-state index contributed by atoms with van der Waals surface area (Å²) in [5.74, 6) is 1.18. The Morgan fingerprint density at radius 1 is 1.19 bits per heavy atom. The fourth-order valence-electron chi connectivity index (χ4n) is 4.06. The summed E-state index contributed by atoms with van der Waals surface area (Å²) in [5.41, 5.74) is 2.05. The number of amides is 1. The number of piperidine rings is 1. The van der Waals surface area contributed by atoms with Crippen molar-refractivity contribution in [2.45, 2.75) is 45.7 Å². The first-order chi connectivity index (χ1) is 15.0. The van der Waals surface area contributed by atoms with Gasteiger partial charge in [-0.1, -0.05) is 37.6 Å². The lowest BCUT2D eigenvalue weighted by atomic mass is 10.0. The molecule has 1 fully saturated rings. The molecular formula is C23H29ClN6O. The molecule has 1 aromatic carbocycles. The van der Waals surface area contributed by atoms with Gasteiger partial charge in [0.25, 0.3) is 0 Å². The average molecular weight is 441 g/mol. The van der Waals surface area contributed by atoms with Gasteiger partial charge < -0.3 is 5.32 Å². The first kappa shape index (κ1) is 21.6.